The highest BCUT2D eigenvalue weighted by Crippen LogP contribution is 2.43. The van der Waals surface area contributed by atoms with Gasteiger partial charge in [0, 0.05) is 12.8 Å². The van der Waals surface area contributed by atoms with Gasteiger partial charge in [0.15, 0.2) is 6.10 Å². The first-order valence-corrected chi connectivity index (χ1v) is 22.2. The van der Waals surface area contributed by atoms with Crippen molar-refractivity contribution in [2.24, 2.45) is 0 Å². The van der Waals surface area contributed by atoms with Crippen molar-refractivity contribution in [3.8, 4) is 0 Å². The number of ether oxygens (including phenoxy) is 2. The molecule has 0 aliphatic carbocycles. The summed E-state index contributed by atoms with van der Waals surface area (Å²) >= 11 is 0. The first-order valence-electron chi connectivity index (χ1n) is 20.7. The minimum atomic E-state index is -4.39. The van der Waals surface area contributed by atoms with E-state index in [1.165, 1.54) is 38.5 Å². The van der Waals surface area contributed by atoms with Crippen LogP contribution < -0.4 is 0 Å². The fourth-order valence-electron chi connectivity index (χ4n) is 5.03. The van der Waals surface area contributed by atoms with E-state index >= 15 is 0 Å². The number of esters is 2. The summed E-state index contributed by atoms with van der Waals surface area (Å²) in [7, 11) is 1.42. The van der Waals surface area contributed by atoms with Crippen molar-refractivity contribution in [2.75, 3.05) is 47.5 Å². The SMILES string of the molecule is CC/C=C/C=C/C=C/CCCCCCCC(=O)OC(COC(=O)CCC/C=C/C/C=C/C/C=C/CCCCCCCC)COP(=O)(O)OCC[N+](C)(C)C. The molecular weight excluding hydrogens is 701 g/mol. The predicted molar refractivity (Wildman–Crippen MR) is 224 cm³/mol. The molecule has 0 saturated carbocycles. The second-order valence-corrected chi connectivity index (χ2v) is 16.2. The summed E-state index contributed by atoms with van der Waals surface area (Å²) in [4.78, 5) is 35.2. The maximum absolute atomic E-state index is 12.6. The highest BCUT2D eigenvalue weighted by atomic mass is 31.2. The van der Waals surface area contributed by atoms with E-state index in [2.05, 4.69) is 68.5 Å². The smallest absolute Gasteiger partial charge is 0.462 e. The number of nitrogens with zero attached hydrogens (tertiary/aromatic N) is 1. The molecule has 0 aliphatic heterocycles. The van der Waals surface area contributed by atoms with Gasteiger partial charge >= 0.3 is 19.8 Å². The Balaban J connectivity index is 4.52. The highest BCUT2D eigenvalue weighted by Gasteiger charge is 2.27. The van der Waals surface area contributed by atoms with E-state index in [0.29, 0.717) is 23.9 Å². The van der Waals surface area contributed by atoms with Gasteiger partial charge in [-0.15, -0.1) is 0 Å². The lowest BCUT2D eigenvalue weighted by Crippen LogP contribution is -2.37. The van der Waals surface area contributed by atoms with E-state index in [1.807, 2.05) is 39.4 Å². The lowest BCUT2D eigenvalue weighted by molar-refractivity contribution is -0.870. The van der Waals surface area contributed by atoms with Crippen LogP contribution in [0.25, 0.3) is 0 Å². The zero-order valence-electron chi connectivity index (χ0n) is 34.7. The number of phosphoric acid groups is 1. The van der Waals surface area contributed by atoms with Crippen LogP contribution in [0.15, 0.2) is 72.9 Å². The average Bonchev–Trinajstić information content (AvgIpc) is 3.12. The van der Waals surface area contributed by atoms with Gasteiger partial charge in [0.25, 0.3) is 0 Å². The van der Waals surface area contributed by atoms with Crippen molar-refractivity contribution in [3.63, 3.8) is 0 Å². The molecule has 1 N–H and O–H groups in total. The predicted octanol–water partition coefficient (Wildman–Crippen LogP) is 11.5. The molecule has 0 amide bonds. The van der Waals surface area contributed by atoms with Crippen LogP contribution in [0.1, 0.15) is 142 Å². The van der Waals surface area contributed by atoms with Gasteiger partial charge in [-0.25, -0.2) is 4.57 Å². The van der Waals surface area contributed by atoms with E-state index < -0.39 is 32.5 Å². The van der Waals surface area contributed by atoms with Crippen LogP contribution in [0.5, 0.6) is 0 Å². The third-order valence-corrected chi connectivity index (χ3v) is 9.27. The molecule has 0 rings (SSSR count). The van der Waals surface area contributed by atoms with Gasteiger partial charge in [-0.3, -0.25) is 18.6 Å². The average molecular weight is 779 g/mol. The second kappa shape index (κ2) is 36.1. The van der Waals surface area contributed by atoms with E-state index in [-0.39, 0.29) is 26.1 Å². The van der Waals surface area contributed by atoms with Gasteiger partial charge in [0.1, 0.15) is 19.8 Å². The van der Waals surface area contributed by atoms with E-state index in [0.717, 1.165) is 64.2 Å². The van der Waals surface area contributed by atoms with Crippen molar-refractivity contribution in [1.82, 2.24) is 0 Å². The molecule has 0 aromatic heterocycles. The van der Waals surface area contributed by atoms with E-state index in [4.69, 9.17) is 18.5 Å². The Labute approximate surface area is 329 Å². The molecule has 0 aromatic carbocycles. The Kier molecular flexibility index (Phi) is 34.4. The topological polar surface area (TPSA) is 108 Å². The number of unbranched alkanes of at least 4 members (excludes halogenated alkanes) is 12. The normalized spacial score (nSPS) is 14.4. The Morgan fingerprint density at radius 3 is 1.78 bits per heavy atom. The van der Waals surface area contributed by atoms with Crippen molar-refractivity contribution in [1.29, 1.82) is 0 Å². The number of quaternary nitrogens is 1. The first kappa shape index (κ1) is 51.5. The molecule has 0 aliphatic rings. The molecule has 0 radical (unpaired) electrons. The third-order valence-electron chi connectivity index (χ3n) is 8.28. The van der Waals surface area contributed by atoms with Crippen molar-refractivity contribution >= 4 is 19.8 Å². The number of hydrogen-bond donors (Lipinski definition) is 1. The molecule has 0 aromatic rings. The van der Waals surface area contributed by atoms with Crippen LogP contribution in [0, 0.1) is 0 Å². The Bertz CT molecular complexity index is 1150. The lowest BCUT2D eigenvalue weighted by Gasteiger charge is -2.24. The van der Waals surface area contributed by atoms with Gasteiger partial charge in [0.2, 0.25) is 0 Å². The number of carbonyl (C=O) groups excluding carboxylic acids is 2. The third kappa shape index (κ3) is 39.2. The maximum atomic E-state index is 12.6. The van der Waals surface area contributed by atoms with Gasteiger partial charge < -0.3 is 18.9 Å². The number of rotatable bonds is 36. The Morgan fingerprint density at radius 1 is 0.611 bits per heavy atom. The number of hydrogen-bond acceptors (Lipinski definition) is 7. The zero-order valence-corrected chi connectivity index (χ0v) is 35.6. The van der Waals surface area contributed by atoms with Crippen LogP contribution in [0.2, 0.25) is 0 Å². The van der Waals surface area contributed by atoms with Crippen molar-refractivity contribution < 1.29 is 42.1 Å². The molecule has 10 heteroatoms. The first-order chi connectivity index (χ1) is 26.0. The number of phosphoric ester groups is 1. The maximum Gasteiger partial charge on any atom is 0.472 e. The number of allylic oxidation sites excluding steroid dienone is 12. The fourth-order valence-corrected chi connectivity index (χ4v) is 5.77. The van der Waals surface area contributed by atoms with Crippen molar-refractivity contribution in [3.05, 3.63) is 72.9 Å². The number of likely N-dealkylation sites (N-methyl/N-ethyl adjacent to an activating group) is 1. The summed E-state index contributed by atoms with van der Waals surface area (Å²) in [6.45, 7) is 4.17. The Morgan fingerprint density at radius 2 is 1.15 bits per heavy atom. The monoisotopic (exact) mass is 779 g/mol. The van der Waals surface area contributed by atoms with E-state index in [9.17, 15) is 19.0 Å². The molecule has 0 saturated heterocycles. The standard InChI is InChI=1S/C44H76NO8P/c1-6-8-10-12-14-16-18-20-21-22-23-25-26-28-30-32-34-36-43(46)50-40-42(41-52-54(48,49)51-39-38-45(3,4)5)53-44(47)37-35-33-31-29-27-24-19-17-15-13-11-9-7-2/h9,11,13,15,17,19-21,23,25,28,30,42H,6-8,10,12,14,16,18,22,24,26-27,29,31-41H2,1-5H3/p+1/b11-9+,15-13+,19-17+,21-20+,25-23+,30-28+. The van der Waals surface area contributed by atoms with Crippen LogP contribution in [0.4, 0.5) is 0 Å². The number of carbonyl (C=O) groups is 2. The van der Waals surface area contributed by atoms with Gasteiger partial charge in [0.05, 0.1) is 27.7 Å². The van der Waals surface area contributed by atoms with Crippen LogP contribution >= 0.6 is 7.82 Å². The van der Waals surface area contributed by atoms with Gasteiger partial charge in [-0.2, -0.15) is 0 Å². The summed E-state index contributed by atoms with van der Waals surface area (Å²) in [5.74, 6) is -0.892. The molecule has 0 bridgehead atoms. The minimum Gasteiger partial charge on any atom is -0.462 e. The molecule has 2 unspecified atom stereocenters. The summed E-state index contributed by atoms with van der Waals surface area (Å²) in [6, 6.07) is 0. The van der Waals surface area contributed by atoms with Crippen LogP contribution in [-0.4, -0.2) is 74.9 Å². The second-order valence-electron chi connectivity index (χ2n) is 14.7. The highest BCUT2D eigenvalue weighted by molar-refractivity contribution is 7.47. The lowest BCUT2D eigenvalue weighted by atomic mass is 10.1. The summed E-state index contributed by atoms with van der Waals surface area (Å²) < 4.78 is 34.1. The van der Waals surface area contributed by atoms with Crippen molar-refractivity contribution in [2.45, 2.75) is 148 Å². The molecule has 0 spiro atoms. The summed E-state index contributed by atoms with van der Waals surface area (Å²) in [6.07, 6.45) is 43.9. The quantitative estimate of drug-likeness (QED) is 0.0167. The molecule has 310 valence electrons. The molecular formula is C44H77NO8P+. The summed E-state index contributed by atoms with van der Waals surface area (Å²) in [5, 5.41) is 0. The van der Waals surface area contributed by atoms with E-state index in [1.54, 1.807) is 0 Å². The minimum absolute atomic E-state index is 0.0160. The van der Waals surface area contributed by atoms with Crippen LogP contribution in [0.3, 0.4) is 0 Å². The fraction of sp³-hybridized carbons (Fsp3) is 0.682. The zero-order chi connectivity index (χ0) is 40.0. The van der Waals surface area contributed by atoms with Crippen LogP contribution in [-0.2, 0) is 32.7 Å². The molecule has 9 nitrogen and oxygen atoms in total. The van der Waals surface area contributed by atoms with Gasteiger partial charge in [-0.05, 0) is 64.2 Å². The molecule has 54 heavy (non-hydrogen) atoms. The molecule has 0 heterocycles. The summed E-state index contributed by atoms with van der Waals surface area (Å²) in [5.41, 5.74) is 0. The Hall–Kier alpha value is -2.55. The largest absolute Gasteiger partial charge is 0.472 e. The molecule has 2 atom stereocenters. The van der Waals surface area contributed by atoms with Gasteiger partial charge in [-0.1, -0.05) is 138 Å². The molecule has 0 fully saturated rings.